The van der Waals surface area contributed by atoms with Crippen LogP contribution in [0.1, 0.15) is 38.2 Å². The van der Waals surface area contributed by atoms with E-state index in [2.05, 4.69) is 12.2 Å². The van der Waals surface area contributed by atoms with Crippen molar-refractivity contribution in [2.24, 2.45) is 11.8 Å². The maximum absolute atomic E-state index is 11.4. The summed E-state index contributed by atoms with van der Waals surface area (Å²) in [6.07, 6.45) is 5.57. The van der Waals surface area contributed by atoms with Gasteiger partial charge in [-0.3, -0.25) is 4.79 Å². The van der Waals surface area contributed by atoms with Crippen molar-refractivity contribution >= 4 is 5.97 Å². The molecule has 0 aromatic heterocycles. The number of aliphatic carboxylic acids is 1. The zero-order valence-electron chi connectivity index (χ0n) is 12.2. The highest BCUT2D eigenvalue weighted by Gasteiger charge is 2.22. The molecule has 2 N–H and O–H groups in total. The van der Waals surface area contributed by atoms with Crippen molar-refractivity contribution in [3.8, 4) is 0 Å². The Kier molecular flexibility index (Phi) is 5.60. The van der Waals surface area contributed by atoms with Crippen LogP contribution in [0.25, 0.3) is 0 Å². The van der Waals surface area contributed by atoms with E-state index >= 15 is 0 Å². The Morgan fingerprint density at radius 1 is 1.25 bits per heavy atom. The highest BCUT2D eigenvalue weighted by Crippen LogP contribution is 2.27. The minimum absolute atomic E-state index is 0.475. The van der Waals surface area contributed by atoms with Gasteiger partial charge in [-0.1, -0.05) is 50.1 Å². The van der Waals surface area contributed by atoms with Gasteiger partial charge in [-0.05, 0) is 43.2 Å². The minimum atomic E-state index is -0.752. The van der Waals surface area contributed by atoms with E-state index in [0.29, 0.717) is 12.3 Å². The molecule has 1 aromatic carbocycles. The van der Waals surface area contributed by atoms with Gasteiger partial charge in [0.05, 0.1) is 0 Å². The average Bonchev–Trinajstić information content (AvgIpc) is 2.46. The van der Waals surface area contributed by atoms with Gasteiger partial charge in [0, 0.05) is 0 Å². The quantitative estimate of drug-likeness (QED) is 0.838. The molecule has 110 valence electrons. The Labute approximate surface area is 121 Å². The second-order valence-corrected chi connectivity index (χ2v) is 6.11. The number of carboxylic acids is 1. The van der Waals surface area contributed by atoms with Gasteiger partial charge in [0.25, 0.3) is 0 Å². The highest BCUT2D eigenvalue weighted by molar-refractivity contribution is 5.73. The molecule has 0 amide bonds. The predicted molar refractivity (Wildman–Crippen MR) is 80.7 cm³/mol. The van der Waals surface area contributed by atoms with Crippen LogP contribution in [-0.4, -0.2) is 23.7 Å². The molecule has 0 spiro atoms. The molecular weight excluding hydrogens is 250 g/mol. The molecule has 3 heteroatoms. The zero-order valence-corrected chi connectivity index (χ0v) is 12.2. The van der Waals surface area contributed by atoms with Crippen molar-refractivity contribution in [1.82, 2.24) is 5.32 Å². The summed E-state index contributed by atoms with van der Waals surface area (Å²) in [6.45, 7) is 3.13. The molecule has 0 aliphatic heterocycles. The third kappa shape index (κ3) is 4.64. The van der Waals surface area contributed by atoms with Crippen molar-refractivity contribution in [3.05, 3.63) is 35.9 Å². The van der Waals surface area contributed by atoms with E-state index < -0.39 is 12.0 Å². The normalized spacial score (nSPS) is 24.2. The number of carbonyl (C=O) groups is 1. The molecular formula is C17H25NO2. The van der Waals surface area contributed by atoms with E-state index in [9.17, 15) is 9.90 Å². The van der Waals surface area contributed by atoms with Crippen LogP contribution < -0.4 is 5.32 Å². The molecule has 0 radical (unpaired) electrons. The van der Waals surface area contributed by atoms with E-state index in [1.54, 1.807) is 0 Å². The summed E-state index contributed by atoms with van der Waals surface area (Å²) in [4.78, 5) is 11.4. The number of rotatable bonds is 6. The number of carboxylic acid groups (broad SMARTS) is 1. The topological polar surface area (TPSA) is 49.3 Å². The van der Waals surface area contributed by atoms with Crippen LogP contribution in [0.4, 0.5) is 0 Å². The number of hydrogen-bond donors (Lipinski definition) is 2. The molecule has 3 nitrogen and oxygen atoms in total. The fourth-order valence-corrected chi connectivity index (χ4v) is 2.94. The van der Waals surface area contributed by atoms with Crippen molar-refractivity contribution < 1.29 is 9.90 Å². The lowest BCUT2D eigenvalue weighted by Crippen LogP contribution is -2.41. The standard InChI is InChI=1S/C17H25NO2/c1-13-7-9-15(10-8-13)12-18-16(17(19)20)11-14-5-3-2-4-6-14/h2-6,13,15-16,18H,7-12H2,1H3,(H,19,20)/t13?,15?,16-/m0/s1. The summed E-state index contributed by atoms with van der Waals surface area (Å²) in [6, 6.07) is 9.36. The Hall–Kier alpha value is -1.35. The summed E-state index contributed by atoms with van der Waals surface area (Å²) < 4.78 is 0. The van der Waals surface area contributed by atoms with Crippen LogP contribution in [0.3, 0.4) is 0 Å². The van der Waals surface area contributed by atoms with Gasteiger partial charge < -0.3 is 10.4 Å². The number of benzene rings is 1. The monoisotopic (exact) mass is 275 g/mol. The second kappa shape index (κ2) is 7.44. The third-order valence-electron chi connectivity index (χ3n) is 4.37. The third-order valence-corrected chi connectivity index (χ3v) is 4.37. The molecule has 1 aliphatic carbocycles. The molecule has 1 atom stereocenters. The molecule has 1 saturated carbocycles. The van der Waals surface area contributed by atoms with E-state index in [0.717, 1.165) is 18.0 Å². The summed E-state index contributed by atoms with van der Waals surface area (Å²) >= 11 is 0. The van der Waals surface area contributed by atoms with Gasteiger partial charge in [-0.2, -0.15) is 0 Å². The van der Waals surface area contributed by atoms with Crippen LogP contribution in [0.5, 0.6) is 0 Å². The van der Waals surface area contributed by atoms with E-state index in [1.165, 1.54) is 25.7 Å². The van der Waals surface area contributed by atoms with Crippen LogP contribution in [-0.2, 0) is 11.2 Å². The number of nitrogens with one attached hydrogen (secondary N) is 1. The first-order valence-corrected chi connectivity index (χ1v) is 7.65. The van der Waals surface area contributed by atoms with Gasteiger partial charge in [0.2, 0.25) is 0 Å². The van der Waals surface area contributed by atoms with E-state index in [-0.39, 0.29) is 0 Å². The summed E-state index contributed by atoms with van der Waals surface area (Å²) in [5, 5.41) is 12.6. The van der Waals surface area contributed by atoms with Gasteiger partial charge in [-0.25, -0.2) is 0 Å². The maximum Gasteiger partial charge on any atom is 0.321 e. The maximum atomic E-state index is 11.4. The Bertz CT molecular complexity index is 410. The Morgan fingerprint density at radius 2 is 1.90 bits per heavy atom. The summed E-state index contributed by atoms with van der Waals surface area (Å²) in [7, 11) is 0. The fourth-order valence-electron chi connectivity index (χ4n) is 2.94. The largest absolute Gasteiger partial charge is 0.480 e. The lowest BCUT2D eigenvalue weighted by molar-refractivity contribution is -0.139. The van der Waals surface area contributed by atoms with Gasteiger partial charge in [-0.15, -0.1) is 0 Å². The van der Waals surface area contributed by atoms with Crippen molar-refractivity contribution in [2.45, 2.75) is 45.1 Å². The molecule has 0 bridgehead atoms. The highest BCUT2D eigenvalue weighted by atomic mass is 16.4. The summed E-state index contributed by atoms with van der Waals surface area (Å²) in [5.41, 5.74) is 1.07. The molecule has 1 aromatic rings. The molecule has 0 unspecified atom stereocenters. The van der Waals surface area contributed by atoms with Crippen LogP contribution in [0.2, 0.25) is 0 Å². The first-order chi connectivity index (χ1) is 9.65. The first-order valence-electron chi connectivity index (χ1n) is 7.65. The van der Waals surface area contributed by atoms with Gasteiger partial charge in [0.1, 0.15) is 6.04 Å². The smallest absolute Gasteiger partial charge is 0.321 e. The number of hydrogen-bond acceptors (Lipinski definition) is 2. The molecule has 0 saturated heterocycles. The van der Waals surface area contributed by atoms with Crippen LogP contribution in [0.15, 0.2) is 30.3 Å². The second-order valence-electron chi connectivity index (χ2n) is 6.11. The lowest BCUT2D eigenvalue weighted by atomic mass is 9.83. The molecule has 20 heavy (non-hydrogen) atoms. The van der Waals surface area contributed by atoms with Crippen molar-refractivity contribution in [3.63, 3.8) is 0 Å². The van der Waals surface area contributed by atoms with E-state index in [1.807, 2.05) is 30.3 Å². The van der Waals surface area contributed by atoms with Crippen molar-refractivity contribution in [1.29, 1.82) is 0 Å². The Balaban J connectivity index is 1.82. The van der Waals surface area contributed by atoms with E-state index in [4.69, 9.17) is 0 Å². The lowest BCUT2D eigenvalue weighted by Gasteiger charge is -2.27. The Morgan fingerprint density at radius 3 is 2.50 bits per heavy atom. The zero-order chi connectivity index (χ0) is 14.4. The molecule has 2 rings (SSSR count). The molecule has 1 aliphatic rings. The molecule has 1 fully saturated rings. The minimum Gasteiger partial charge on any atom is -0.480 e. The van der Waals surface area contributed by atoms with Gasteiger partial charge in [0.15, 0.2) is 0 Å². The van der Waals surface area contributed by atoms with Crippen LogP contribution >= 0.6 is 0 Å². The summed E-state index contributed by atoms with van der Waals surface area (Å²) in [5.74, 6) is 0.729. The molecule has 0 heterocycles. The first kappa shape index (κ1) is 15.0. The average molecular weight is 275 g/mol. The predicted octanol–water partition coefficient (Wildman–Crippen LogP) is 3.10. The van der Waals surface area contributed by atoms with Crippen LogP contribution in [0, 0.1) is 11.8 Å². The SMILES string of the molecule is CC1CCC(CN[C@@H](Cc2ccccc2)C(=O)O)CC1. The fraction of sp³-hybridized carbons (Fsp3) is 0.588. The van der Waals surface area contributed by atoms with Crippen molar-refractivity contribution in [2.75, 3.05) is 6.54 Å². The van der Waals surface area contributed by atoms with Gasteiger partial charge >= 0.3 is 5.97 Å².